The summed E-state index contributed by atoms with van der Waals surface area (Å²) < 4.78 is 0. The number of hydrogen-bond donors (Lipinski definition) is 0. The van der Waals surface area contributed by atoms with Gasteiger partial charge in [-0.25, -0.2) is 0 Å². The van der Waals surface area contributed by atoms with E-state index in [9.17, 15) is 14.4 Å². The molecule has 0 atom stereocenters. The number of amides is 3. The molecular weight excluding hydrogens is 256 g/mol. The van der Waals surface area contributed by atoms with E-state index in [1.54, 1.807) is 0 Å². The maximum atomic E-state index is 11.7. The lowest BCUT2D eigenvalue weighted by Crippen LogP contribution is -2.55. The van der Waals surface area contributed by atoms with Crippen molar-refractivity contribution in [1.29, 1.82) is 0 Å². The van der Waals surface area contributed by atoms with E-state index in [0.717, 1.165) is 24.2 Å². The Morgan fingerprint density at radius 3 is 2.39 bits per heavy atom. The Balaban J connectivity index is 2.35. The molecule has 0 N–H and O–H groups in total. The number of nitrogens with zero attached hydrogens (tertiary/aromatic N) is 2. The molecule has 0 aliphatic carbocycles. The molecule has 0 bridgehead atoms. The summed E-state index contributed by atoms with van der Waals surface area (Å²) in [4.78, 5) is 36.4. The van der Waals surface area contributed by atoms with E-state index in [1.165, 1.54) is 17.7 Å². The number of halogens is 1. The van der Waals surface area contributed by atoms with Gasteiger partial charge in [0.05, 0.1) is 0 Å². The average molecular weight is 275 g/mol. The molecule has 1 saturated heterocycles. The van der Waals surface area contributed by atoms with E-state index < -0.39 is 17.2 Å². The molecular formula is C12H19ClN2O3. The predicted octanol–water partition coefficient (Wildman–Crippen LogP) is 1.99. The number of imide groups is 1. The van der Waals surface area contributed by atoms with Crippen LogP contribution in [0.3, 0.4) is 0 Å². The molecule has 3 amide bonds. The summed E-state index contributed by atoms with van der Waals surface area (Å²) in [6.45, 7) is 3.31. The van der Waals surface area contributed by atoms with E-state index in [4.69, 9.17) is 11.6 Å². The van der Waals surface area contributed by atoms with Crippen molar-refractivity contribution in [2.75, 3.05) is 19.6 Å². The Bertz CT molecular complexity index is 333. The molecule has 102 valence electrons. The fourth-order valence-electron chi connectivity index (χ4n) is 1.96. The lowest BCUT2D eigenvalue weighted by molar-refractivity contribution is -0.153. The van der Waals surface area contributed by atoms with Crippen molar-refractivity contribution >= 4 is 28.8 Å². The molecule has 6 heteroatoms. The Kier molecular flexibility index (Phi) is 6.12. The third kappa shape index (κ3) is 3.98. The first-order valence-electron chi connectivity index (χ1n) is 6.38. The van der Waals surface area contributed by atoms with Crippen molar-refractivity contribution in [3.8, 4) is 0 Å². The van der Waals surface area contributed by atoms with Crippen LogP contribution in [-0.4, -0.2) is 46.6 Å². The quantitative estimate of drug-likeness (QED) is 0.322. The minimum Gasteiger partial charge on any atom is -0.333 e. The Morgan fingerprint density at radius 2 is 1.78 bits per heavy atom. The van der Waals surface area contributed by atoms with Crippen LogP contribution in [0.15, 0.2) is 0 Å². The van der Waals surface area contributed by atoms with Crippen molar-refractivity contribution < 1.29 is 14.4 Å². The summed E-state index contributed by atoms with van der Waals surface area (Å²) in [5.74, 6) is -1.43. The number of hydrogen-bond acceptors (Lipinski definition) is 3. The molecule has 0 spiro atoms. The third-order valence-electron chi connectivity index (χ3n) is 3.05. The number of carbonyl (C=O) groups excluding carboxylic acids is 3. The molecule has 5 nitrogen and oxygen atoms in total. The lowest BCUT2D eigenvalue weighted by Gasteiger charge is -2.31. The highest BCUT2D eigenvalue weighted by Gasteiger charge is 2.34. The molecule has 1 aliphatic rings. The van der Waals surface area contributed by atoms with Gasteiger partial charge in [0.2, 0.25) is 0 Å². The highest BCUT2D eigenvalue weighted by molar-refractivity contribution is 6.65. The van der Waals surface area contributed by atoms with Crippen molar-refractivity contribution in [1.82, 2.24) is 9.80 Å². The molecule has 0 aromatic carbocycles. The van der Waals surface area contributed by atoms with Crippen molar-refractivity contribution in [3.63, 3.8) is 0 Å². The normalized spacial score (nSPS) is 16.3. The van der Waals surface area contributed by atoms with Crippen molar-refractivity contribution in [2.45, 2.75) is 39.0 Å². The van der Waals surface area contributed by atoms with E-state index in [2.05, 4.69) is 6.92 Å². The molecule has 18 heavy (non-hydrogen) atoms. The van der Waals surface area contributed by atoms with Gasteiger partial charge in [0.15, 0.2) is 0 Å². The molecule has 0 radical (unpaired) electrons. The second-order valence-electron chi connectivity index (χ2n) is 4.42. The maximum Gasteiger partial charge on any atom is 0.323 e. The predicted molar refractivity (Wildman–Crippen MR) is 68.3 cm³/mol. The number of rotatable bonds is 6. The van der Waals surface area contributed by atoms with E-state index in [-0.39, 0.29) is 6.54 Å². The van der Waals surface area contributed by atoms with Crippen LogP contribution in [0.4, 0.5) is 4.79 Å². The molecule has 0 unspecified atom stereocenters. The molecule has 1 rings (SSSR count). The minimum atomic E-state index is -0.879. The molecule has 1 aliphatic heterocycles. The van der Waals surface area contributed by atoms with Gasteiger partial charge in [0, 0.05) is 19.6 Å². The van der Waals surface area contributed by atoms with Crippen LogP contribution in [0.1, 0.15) is 39.0 Å². The maximum absolute atomic E-state index is 11.7. The number of carbonyl (C=O) groups is 3. The van der Waals surface area contributed by atoms with Gasteiger partial charge in [0.25, 0.3) is 0 Å². The standard InChI is InChI=1S/C12H19ClN2O3/c1-2-3-4-5-6-7-14-8-9-15(12(13)18)11(17)10(14)16/h2-9H2,1H3. The van der Waals surface area contributed by atoms with Crippen LogP contribution in [0, 0.1) is 0 Å². The fraction of sp³-hybridized carbons (Fsp3) is 0.750. The van der Waals surface area contributed by atoms with Crippen LogP contribution < -0.4 is 0 Å². The molecule has 1 heterocycles. The van der Waals surface area contributed by atoms with E-state index >= 15 is 0 Å². The summed E-state index contributed by atoms with van der Waals surface area (Å²) in [7, 11) is 0. The zero-order valence-corrected chi connectivity index (χ0v) is 11.4. The Hall–Kier alpha value is -1.10. The van der Waals surface area contributed by atoms with Gasteiger partial charge in [-0.3, -0.25) is 19.3 Å². The van der Waals surface area contributed by atoms with Crippen LogP contribution in [-0.2, 0) is 9.59 Å². The Morgan fingerprint density at radius 1 is 1.11 bits per heavy atom. The van der Waals surface area contributed by atoms with Crippen LogP contribution in [0.5, 0.6) is 0 Å². The van der Waals surface area contributed by atoms with Crippen molar-refractivity contribution in [2.24, 2.45) is 0 Å². The summed E-state index contributed by atoms with van der Waals surface area (Å²) in [5, 5.41) is -0.879. The summed E-state index contributed by atoms with van der Waals surface area (Å²) >= 11 is 5.22. The SMILES string of the molecule is CCCCCCCN1CCN(C(=O)Cl)C(=O)C1=O. The third-order valence-corrected chi connectivity index (χ3v) is 3.26. The number of unbranched alkanes of at least 4 members (excludes halogenated alkanes) is 4. The first kappa shape index (κ1) is 15.0. The minimum absolute atomic E-state index is 0.196. The van der Waals surface area contributed by atoms with Gasteiger partial charge in [-0.05, 0) is 18.0 Å². The van der Waals surface area contributed by atoms with Crippen LogP contribution >= 0.6 is 11.6 Å². The van der Waals surface area contributed by atoms with E-state index in [0.29, 0.717) is 13.1 Å². The second-order valence-corrected chi connectivity index (χ2v) is 4.74. The molecule has 0 aromatic rings. The summed E-state index contributed by atoms with van der Waals surface area (Å²) in [6, 6.07) is 0. The summed E-state index contributed by atoms with van der Waals surface area (Å²) in [5.41, 5.74) is 0. The van der Waals surface area contributed by atoms with Gasteiger partial charge >= 0.3 is 17.2 Å². The largest absolute Gasteiger partial charge is 0.333 e. The Labute approximate surface area is 112 Å². The zero-order chi connectivity index (χ0) is 13.5. The van der Waals surface area contributed by atoms with Crippen LogP contribution in [0.25, 0.3) is 0 Å². The smallest absolute Gasteiger partial charge is 0.323 e. The highest BCUT2D eigenvalue weighted by atomic mass is 35.5. The fourth-order valence-corrected chi connectivity index (χ4v) is 2.12. The zero-order valence-electron chi connectivity index (χ0n) is 10.7. The van der Waals surface area contributed by atoms with Gasteiger partial charge in [-0.1, -0.05) is 32.6 Å². The van der Waals surface area contributed by atoms with Gasteiger partial charge in [0.1, 0.15) is 0 Å². The highest BCUT2D eigenvalue weighted by Crippen LogP contribution is 2.10. The van der Waals surface area contributed by atoms with Gasteiger partial charge in [-0.15, -0.1) is 0 Å². The van der Waals surface area contributed by atoms with Gasteiger partial charge in [-0.2, -0.15) is 0 Å². The molecule has 0 saturated carbocycles. The first-order chi connectivity index (χ1) is 8.57. The first-order valence-corrected chi connectivity index (χ1v) is 6.76. The van der Waals surface area contributed by atoms with Crippen LogP contribution in [0.2, 0.25) is 0 Å². The van der Waals surface area contributed by atoms with Gasteiger partial charge < -0.3 is 4.90 Å². The topological polar surface area (TPSA) is 57.7 Å². The molecule has 1 fully saturated rings. The lowest BCUT2D eigenvalue weighted by atomic mass is 10.1. The second kappa shape index (κ2) is 7.36. The molecule has 0 aromatic heterocycles. The average Bonchev–Trinajstić information content (AvgIpc) is 2.33. The van der Waals surface area contributed by atoms with E-state index in [1.807, 2.05) is 0 Å². The monoisotopic (exact) mass is 274 g/mol. The summed E-state index contributed by atoms with van der Waals surface area (Å²) in [6.07, 6.45) is 5.48. The van der Waals surface area contributed by atoms with Crippen molar-refractivity contribution in [3.05, 3.63) is 0 Å². The number of piperazine rings is 1.